The molecule has 1 saturated heterocycles. The molecule has 154 valence electrons. The van der Waals surface area contributed by atoms with E-state index in [1.165, 1.54) is 0 Å². The molecule has 0 saturated carbocycles. The number of amides is 2. The minimum absolute atomic E-state index is 0.0386. The molecule has 1 aliphatic heterocycles. The first-order chi connectivity index (χ1) is 14.6. The molecule has 7 heteroatoms. The van der Waals surface area contributed by atoms with Gasteiger partial charge in [0.2, 0.25) is 5.91 Å². The van der Waals surface area contributed by atoms with Gasteiger partial charge in [-0.1, -0.05) is 30.3 Å². The number of carbonyl (C=O) groups excluding carboxylic acids is 2. The SMILES string of the molecule is COc1ccc(-n2nc(-c3ccccc3)cc2C(=O)N2CCN(C(C)=O)CC2)cc1. The lowest BCUT2D eigenvalue weighted by molar-refractivity contribution is -0.130. The van der Waals surface area contributed by atoms with Crippen molar-refractivity contribution in [3.8, 4) is 22.7 Å². The quantitative estimate of drug-likeness (QED) is 0.671. The molecule has 2 aromatic carbocycles. The molecular formula is C23H24N4O3. The van der Waals surface area contributed by atoms with Gasteiger partial charge in [-0.05, 0) is 30.3 Å². The van der Waals surface area contributed by atoms with E-state index in [0.29, 0.717) is 31.9 Å². The van der Waals surface area contributed by atoms with Crippen LogP contribution in [0.4, 0.5) is 0 Å². The Morgan fingerprint density at radius 3 is 2.13 bits per heavy atom. The van der Waals surface area contributed by atoms with Crippen molar-refractivity contribution < 1.29 is 14.3 Å². The molecule has 7 nitrogen and oxygen atoms in total. The summed E-state index contributed by atoms with van der Waals surface area (Å²) in [6.07, 6.45) is 0. The summed E-state index contributed by atoms with van der Waals surface area (Å²) in [6.45, 7) is 3.66. The second kappa shape index (κ2) is 8.41. The fraction of sp³-hybridized carbons (Fsp3) is 0.261. The number of piperazine rings is 1. The molecule has 2 amide bonds. The standard InChI is InChI=1S/C23H24N4O3/c1-17(28)25-12-14-26(15-13-25)23(29)22-16-21(18-6-4-3-5-7-18)24-27(22)19-8-10-20(30-2)11-9-19/h3-11,16H,12-15H2,1-2H3. The van der Waals surface area contributed by atoms with Crippen LogP contribution in [0.3, 0.4) is 0 Å². The van der Waals surface area contributed by atoms with Crippen molar-refractivity contribution in [2.45, 2.75) is 6.92 Å². The molecule has 30 heavy (non-hydrogen) atoms. The summed E-state index contributed by atoms with van der Waals surface area (Å²) >= 11 is 0. The Morgan fingerprint density at radius 2 is 1.53 bits per heavy atom. The largest absolute Gasteiger partial charge is 0.497 e. The van der Waals surface area contributed by atoms with Gasteiger partial charge in [0.15, 0.2) is 0 Å². The highest BCUT2D eigenvalue weighted by Gasteiger charge is 2.27. The Hall–Kier alpha value is -3.61. The van der Waals surface area contributed by atoms with Gasteiger partial charge in [-0.25, -0.2) is 4.68 Å². The number of benzene rings is 2. The van der Waals surface area contributed by atoms with E-state index < -0.39 is 0 Å². The first-order valence-corrected chi connectivity index (χ1v) is 9.91. The lowest BCUT2D eigenvalue weighted by atomic mass is 10.1. The predicted octanol–water partition coefficient (Wildman–Crippen LogP) is 2.85. The molecule has 0 atom stereocenters. The number of aromatic nitrogens is 2. The predicted molar refractivity (Wildman–Crippen MR) is 114 cm³/mol. The summed E-state index contributed by atoms with van der Waals surface area (Å²) in [7, 11) is 1.62. The zero-order valence-electron chi connectivity index (χ0n) is 17.1. The maximum Gasteiger partial charge on any atom is 0.272 e. The van der Waals surface area contributed by atoms with Crippen LogP contribution in [0.1, 0.15) is 17.4 Å². The van der Waals surface area contributed by atoms with Crippen LogP contribution >= 0.6 is 0 Å². The van der Waals surface area contributed by atoms with E-state index in [1.807, 2.05) is 60.7 Å². The Kier molecular flexibility index (Phi) is 5.52. The van der Waals surface area contributed by atoms with Gasteiger partial charge in [-0.15, -0.1) is 0 Å². The molecular weight excluding hydrogens is 380 g/mol. The average molecular weight is 404 g/mol. The van der Waals surface area contributed by atoms with Crippen molar-refractivity contribution in [2.75, 3.05) is 33.3 Å². The summed E-state index contributed by atoms with van der Waals surface area (Å²) in [4.78, 5) is 28.5. The summed E-state index contributed by atoms with van der Waals surface area (Å²) in [5, 5.41) is 4.73. The van der Waals surface area contributed by atoms with E-state index in [2.05, 4.69) is 0 Å². The van der Waals surface area contributed by atoms with Crippen molar-refractivity contribution in [3.63, 3.8) is 0 Å². The number of rotatable bonds is 4. The zero-order valence-corrected chi connectivity index (χ0v) is 17.1. The summed E-state index contributed by atoms with van der Waals surface area (Å²) in [5.41, 5.74) is 2.95. The highest BCUT2D eigenvalue weighted by Crippen LogP contribution is 2.24. The molecule has 0 aliphatic carbocycles. The molecule has 0 radical (unpaired) electrons. The highest BCUT2D eigenvalue weighted by molar-refractivity contribution is 5.94. The Balaban J connectivity index is 1.69. The van der Waals surface area contributed by atoms with E-state index in [4.69, 9.17) is 9.84 Å². The van der Waals surface area contributed by atoms with Gasteiger partial charge in [0.05, 0.1) is 18.5 Å². The number of carbonyl (C=O) groups is 2. The van der Waals surface area contributed by atoms with Crippen LogP contribution in [0, 0.1) is 0 Å². The second-order valence-corrected chi connectivity index (χ2v) is 7.19. The normalized spacial score (nSPS) is 13.9. The van der Waals surface area contributed by atoms with E-state index in [9.17, 15) is 9.59 Å². The van der Waals surface area contributed by atoms with Gasteiger partial charge in [-0.3, -0.25) is 9.59 Å². The lowest BCUT2D eigenvalue weighted by Gasteiger charge is -2.34. The molecule has 4 rings (SSSR count). The summed E-state index contributed by atoms with van der Waals surface area (Å²) < 4.78 is 6.93. The van der Waals surface area contributed by atoms with Crippen LogP contribution in [0.2, 0.25) is 0 Å². The first-order valence-electron chi connectivity index (χ1n) is 9.91. The number of hydrogen-bond donors (Lipinski definition) is 0. The topological polar surface area (TPSA) is 67.7 Å². The van der Waals surface area contributed by atoms with Crippen LogP contribution in [0.25, 0.3) is 16.9 Å². The molecule has 2 heterocycles. The maximum absolute atomic E-state index is 13.4. The van der Waals surface area contributed by atoms with E-state index >= 15 is 0 Å². The van der Waals surface area contributed by atoms with Gasteiger partial charge < -0.3 is 14.5 Å². The summed E-state index contributed by atoms with van der Waals surface area (Å²) in [6, 6.07) is 19.1. The van der Waals surface area contributed by atoms with E-state index in [-0.39, 0.29) is 11.8 Å². The van der Waals surface area contributed by atoms with Gasteiger partial charge in [0.25, 0.3) is 5.91 Å². The van der Waals surface area contributed by atoms with Gasteiger partial charge in [0, 0.05) is 38.7 Å². The smallest absolute Gasteiger partial charge is 0.272 e. The van der Waals surface area contributed by atoms with Crippen LogP contribution < -0.4 is 4.74 Å². The van der Waals surface area contributed by atoms with E-state index in [0.717, 1.165) is 22.7 Å². The number of nitrogens with zero attached hydrogens (tertiary/aromatic N) is 4. The van der Waals surface area contributed by atoms with E-state index in [1.54, 1.807) is 28.5 Å². The molecule has 0 unspecified atom stereocenters. The molecule has 0 spiro atoms. The lowest BCUT2D eigenvalue weighted by Crippen LogP contribution is -2.50. The molecule has 1 aromatic heterocycles. The fourth-order valence-corrected chi connectivity index (χ4v) is 3.59. The average Bonchev–Trinajstić information content (AvgIpc) is 3.25. The molecule has 1 aliphatic rings. The van der Waals surface area contributed by atoms with Crippen molar-refractivity contribution in [3.05, 3.63) is 66.4 Å². The second-order valence-electron chi connectivity index (χ2n) is 7.19. The molecule has 3 aromatic rings. The molecule has 0 N–H and O–H groups in total. The highest BCUT2D eigenvalue weighted by atomic mass is 16.5. The number of hydrogen-bond acceptors (Lipinski definition) is 4. The van der Waals surface area contributed by atoms with Crippen LogP contribution in [-0.4, -0.2) is 64.7 Å². The van der Waals surface area contributed by atoms with Crippen molar-refractivity contribution in [1.82, 2.24) is 19.6 Å². The Bertz CT molecular complexity index is 1040. The summed E-state index contributed by atoms with van der Waals surface area (Å²) in [5.74, 6) is 0.683. The Morgan fingerprint density at radius 1 is 0.900 bits per heavy atom. The number of ether oxygens (including phenoxy) is 1. The number of methoxy groups -OCH3 is 1. The Labute approximate surface area is 175 Å². The molecule has 1 fully saturated rings. The van der Waals surface area contributed by atoms with Gasteiger partial charge in [-0.2, -0.15) is 5.10 Å². The fourth-order valence-electron chi connectivity index (χ4n) is 3.59. The minimum atomic E-state index is -0.0938. The van der Waals surface area contributed by atoms with Crippen molar-refractivity contribution in [2.24, 2.45) is 0 Å². The van der Waals surface area contributed by atoms with Crippen molar-refractivity contribution in [1.29, 1.82) is 0 Å². The van der Waals surface area contributed by atoms with Crippen molar-refractivity contribution >= 4 is 11.8 Å². The third-order valence-corrected chi connectivity index (χ3v) is 5.33. The van der Waals surface area contributed by atoms with Gasteiger partial charge in [0.1, 0.15) is 11.4 Å². The van der Waals surface area contributed by atoms with Gasteiger partial charge >= 0.3 is 0 Å². The zero-order chi connectivity index (χ0) is 21.1. The first kappa shape index (κ1) is 19.7. The third kappa shape index (κ3) is 3.91. The molecule has 0 bridgehead atoms. The van der Waals surface area contributed by atoms with Crippen LogP contribution in [0.5, 0.6) is 5.75 Å². The van der Waals surface area contributed by atoms with Crippen LogP contribution in [0.15, 0.2) is 60.7 Å². The third-order valence-electron chi connectivity index (χ3n) is 5.33. The monoisotopic (exact) mass is 404 g/mol. The minimum Gasteiger partial charge on any atom is -0.497 e. The van der Waals surface area contributed by atoms with Crippen LogP contribution in [-0.2, 0) is 4.79 Å². The maximum atomic E-state index is 13.4.